The van der Waals surface area contributed by atoms with Gasteiger partial charge in [0, 0.05) is 25.4 Å². The summed E-state index contributed by atoms with van der Waals surface area (Å²) in [4.78, 5) is 4.17. The predicted molar refractivity (Wildman–Crippen MR) is 73.8 cm³/mol. The van der Waals surface area contributed by atoms with Gasteiger partial charge in [0.1, 0.15) is 5.82 Å². The topological polar surface area (TPSA) is 88.3 Å². The van der Waals surface area contributed by atoms with Crippen LogP contribution >= 0.6 is 0 Å². The number of hydrogen-bond donors (Lipinski definition) is 2. The minimum atomic E-state index is -3.44. The lowest BCUT2D eigenvalue weighted by Gasteiger charge is -2.31. The van der Waals surface area contributed by atoms with E-state index in [1.807, 2.05) is 0 Å². The first-order chi connectivity index (χ1) is 9.07. The van der Waals surface area contributed by atoms with E-state index in [4.69, 9.17) is 5.84 Å². The first kappa shape index (κ1) is 14.2. The van der Waals surface area contributed by atoms with Crippen LogP contribution in [0.5, 0.6) is 0 Å². The molecule has 2 heterocycles. The minimum absolute atomic E-state index is 0.243. The quantitative estimate of drug-likeness (QED) is 0.640. The van der Waals surface area contributed by atoms with Gasteiger partial charge < -0.3 is 5.43 Å². The molecule has 0 bridgehead atoms. The van der Waals surface area contributed by atoms with Gasteiger partial charge in [0.25, 0.3) is 0 Å². The van der Waals surface area contributed by atoms with E-state index in [9.17, 15) is 8.42 Å². The van der Waals surface area contributed by atoms with Crippen LogP contribution in [0.4, 0.5) is 5.82 Å². The number of anilines is 1. The molecule has 7 heteroatoms. The van der Waals surface area contributed by atoms with Gasteiger partial charge in [-0.15, -0.1) is 0 Å². The fraction of sp³-hybridized carbons (Fsp3) is 0.583. The van der Waals surface area contributed by atoms with Crippen molar-refractivity contribution in [1.82, 2.24) is 9.29 Å². The summed E-state index contributed by atoms with van der Waals surface area (Å²) in [6.07, 6.45) is 4.49. The number of nitrogens with one attached hydrogen (secondary N) is 1. The second-order valence-corrected chi connectivity index (χ2v) is 6.74. The third-order valence-electron chi connectivity index (χ3n) is 3.58. The third kappa shape index (κ3) is 3.05. The van der Waals surface area contributed by atoms with E-state index in [0.29, 0.717) is 24.8 Å². The van der Waals surface area contributed by atoms with Gasteiger partial charge >= 0.3 is 0 Å². The Balaban J connectivity index is 2.25. The lowest BCUT2D eigenvalue weighted by Crippen LogP contribution is -2.39. The van der Waals surface area contributed by atoms with Crippen molar-refractivity contribution in [3.8, 4) is 0 Å². The zero-order chi connectivity index (χ0) is 13.9. The van der Waals surface area contributed by atoms with Gasteiger partial charge in [-0.25, -0.2) is 19.2 Å². The van der Waals surface area contributed by atoms with Crippen molar-refractivity contribution >= 4 is 15.8 Å². The molecule has 19 heavy (non-hydrogen) atoms. The molecule has 0 aromatic carbocycles. The SMILES string of the molecule is CCC1CCCN(S(=O)(=O)c2ccnc(NN)c2)C1. The third-order valence-corrected chi connectivity index (χ3v) is 5.44. The number of nitrogens with two attached hydrogens (primary N) is 1. The molecule has 0 spiro atoms. The number of nitrogen functional groups attached to an aromatic ring is 1. The van der Waals surface area contributed by atoms with Gasteiger partial charge in [0.15, 0.2) is 0 Å². The predicted octanol–water partition coefficient (Wildman–Crippen LogP) is 1.18. The lowest BCUT2D eigenvalue weighted by atomic mass is 9.97. The number of aromatic nitrogens is 1. The smallest absolute Gasteiger partial charge is 0.243 e. The number of nitrogens with zero attached hydrogens (tertiary/aromatic N) is 2. The summed E-state index contributed by atoms with van der Waals surface area (Å²) in [7, 11) is -3.44. The number of pyridine rings is 1. The Kier molecular flexibility index (Phi) is 4.38. The van der Waals surface area contributed by atoms with Crippen molar-refractivity contribution in [1.29, 1.82) is 0 Å². The van der Waals surface area contributed by atoms with Crippen molar-refractivity contribution in [2.75, 3.05) is 18.5 Å². The first-order valence-electron chi connectivity index (χ1n) is 6.50. The maximum absolute atomic E-state index is 12.5. The van der Waals surface area contributed by atoms with E-state index >= 15 is 0 Å². The molecule has 1 aliphatic heterocycles. The standard InChI is InChI=1S/C12H20N4O2S/c1-2-10-4-3-7-16(9-10)19(17,18)11-5-6-14-12(8-11)15-13/h5-6,8,10H,2-4,7,9,13H2,1H3,(H,14,15). The highest BCUT2D eigenvalue weighted by Crippen LogP contribution is 2.25. The molecule has 3 N–H and O–H groups in total. The Bertz CT molecular complexity index is 532. The van der Waals surface area contributed by atoms with Crippen LogP contribution in [0.25, 0.3) is 0 Å². The number of sulfonamides is 1. The maximum atomic E-state index is 12.5. The highest BCUT2D eigenvalue weighted by Gasteiger charge is 2.29. The largest absolute Gasteiger partial charge is 0.308 e. The van der Waals surface area contributed by atoms with Gasteiger partial charge in [-0.3, -0.25) is 0 Å². The summed E-state index contributed by atoms with van der Waals surface area (Å²) in [6.45, 7) is 3.29. The summed E-state index contributed by atoms with van der Waals surface area (Å²) in [6, 6.07) is 2.97. The van der Waals surface area contributed by atoms with Crippen LogP contribution in [-0.2, 0) is 10.0 Å². The van der Waals surface area contributed by atoms with E-state index in [1.54, 1.807) is 4.31 Å². The van der Waals surface area contributed by atoms with Gasteiger partial charge in [-0.2, -0.15) is 4.31 Å². The molecule has 1 atom stereocenters. The number of hydrazine groups is 1. The Morgan fingerprint density at radius 3 is 3.05 bits per heavy atom. The Labute approximate surface area is 114 Å². The van der Waals surface area contributed by atoms with E-state index in [2.05, 4.69) is 17.3 Å². The van der Waals surface area contributed by atoms with Crippen LogP contribution in [0, 0.1) is 5.92 Å². The molecular weight excluding hydrogens is 264 g/mol. The Morgan fingerprint density at radius 1 is 1.58 bits per heavy atom. The molecule has 1 unspecified atom stereocenters. The molecule has 2 rings (SSSR count). The number of rotatable bonds is 4. The van der Waals surface area contributed by atoms with E-state index < -0.39 is 10.0 Å². The second kappa shape index (κ2) is 5.85. The van der Waals surface area contributed by atoms with E-state index in [-0.39, 0.29) is 4.90 Å². The second-order valence-electron chi connectivity index (χ2n) is 4.80. The molecule has 1 fully saturated rings. The molecule has 0 radical (unpaired) electrons. The maximum Gasteiger partial charge on any atom is 0.243 e. The van der Waals surface area contributed by atoms with Crippen LogP contribution < -0.4 is 11.3 Å². The van der Waals surface area contributed by atoms with Crippen molar-refractivity contribution in [3.05, 3.63) is 18.3 Å². The fourth-order valence-corrected chi connectivity index (χ4v) is 3.95. The molecule has 0 aliphatic carbocycles. The Hall–Kier alpha value is -1.18. The molecular formula is C12H20N4O2S. The number of piperidine rings is 1. The van der Waals surface area contributed by atoms with Gasteiger partial charge in [0.2, 0.25) is 10.0 Å². The molecule has 1 aromatic rings. The molecule has 106 valence electrons. The number of hydrogen-bond acceptors (Lipinski definition) is 5. The van der Waals surface area contributed by atoms with Gasteiger partial charge in [0.05, 0.1) is 4.90 Å². The van der Waals surface area contributed by atoms with Crippen molar-refractivity contribution < 1.29 is 8.42 Å². The summed E-state index contributed by atoms with van der Waals surface area (Å²) < 4.78 is 26.7. The van der Waals surface area contributed by atoms with Gasteiger partial charge in [-0.05, 0) is 24.8 Å². The summed E-state index contributed by atoms with van der Waals surface area (Å²) in [5.41, 5.74) is 2.37. The van der Waals surface area contributed by atoms with E-state index in [0.717, 1.165) is 19.3 Å². The fourth-order valence-electron chi connectivity index (χ4n) is 2.38. The van der Waals surface area contributed by atoms with Crippen molar-refractivity contribution in [2.24, 2.45) is 11.8 Å². The molecule has 1 aromatic heterocycles. The van der Waals surface area contributed by atoms with Crippen molar-refractivity contribution in [2.45, 2.75) is 31.1 Å². The van der Waals surface area contributed by atoms with Crippen LogP contribution in [0.1, 0.15) is 26.2 Å². The van der Waals surface area contributed by atoms with Crippen molar-refractivity contribution in [3.63, 3.8) is 0 Å². The minimum Gasteiger partial charge on any atom is -0.308 e. The van der Waals surface area contributed by atoms with Crippen LogP contribution in [0.3, 0.4) is 0 Å². The highest BCUT2D eigenvalue weighted by molar-refractivity contribution is 7.89. The molecule has 0 saturated carbocycles. The summed E-state index contributed by atoms with van der Waals surface area (Å²) >= 11 is 0. The monoisotopic (exact) mass is 284 g/mol. The van der Waals surface area contributed by atoms with Crippen LogP contribution in [-0.4, -0.2) is 30.8 Å². The van der Waals surface area contributed by atoms with Crippen LogP contribution in [0.15, 0.2) is 23.2 Å². The zero-order valence-corrected chi connectivity index (χ0v) is 11.9. The highest BCUT2D eigenvalue weighted by atomic mass is 32.2. The molecule has 0 amide bonds. The normalized spacial score (nSPS) is 21.3. The summed E-state index contributed by atoms with van der Waals surface area (Å²) in [5.74, 6) is 6.07. The lowest BCUT2D eigenvalue weighted by molar-refractivity contribution is 0.261. The molecule has 6 nitrogen and oxygen atoms in total. The summed E-state index contributed by atoms with van der Waals surface area (Å²) in [5, 5.41) is 0. The van der Waals surface area contributed by atoms with Crippen LogP contribution in [0.2, 0.25) is 0 Å². The average molecular weight is 284 g/mol. The zero-order valence-electron chi connectivity index (χ0n) is 11.0. The van der Waals surface area contributed by atoms with E-state index in [1.165, 1.54) is 18.3 Å². The average Bonchev–Trinajstić information content (AvgIpc) is 2.47. The first-order valence-corrected chi connectivity index (χ1v) is 7.94. The molecule has 1 aliphatic rings. The van der Waals surface area contributed by atoms with Gasteiger partial charge in [-0.1, -0.05) is 13.3 Å². The Morgan fingerprint density at radius 2 is 2.37 bits per heavy atom. The molecule has 1 saturated heterocycles.